The molecule has 1 aliphatic carbocycles. The van der Waals surface area contributed by atoms with E-state index >= 15 is 0 Å². The Kier molecular flexibility index (Phi) is 6.15. The molecule has 4 heteroatoms. The number of nitrogens with zero attached hydrogens (tertiary/aromatic N) is 3. The predicted molar refractivity (Wildman–Crippen MR) is 125 cm³/mol. The van der Waals surface area contributed by atoms with Crippen LogP contribution in [0.15, 0.2) is 24.3 Å². The van der Waals surface area contributed by atoms with Crippen molar-refractivity contribution < 1.29 is 0 Å². The Morgan fingerprint density at radius 1 is 0.933 bits per heavy atom. The zero-order chi connectivity index (χ0) is 20.4. The fourth-order valence-corrected chi connectivity index (χ4v) is 6.45. The van der Waals surface area contributed by atoms with Gasteiger partial charge in [-0.15, -0.1) is 0 Å². The summed E-state index contributed by atoms with van der Waals surface area (Å²) in [7, 11) is 0. The first-order chi connectivity index (χ1) is 14.7. The molecular formula is C26H40N4. The number of hydrogen-bond acceptors (Lipinski definition) is 3. The van der Waals surface area contributed by atoms with Gasteiger partial charge >= 0.3 is 0 Å². The van der Waals surface area contributed by atoms with Crippen molar-refractivity contribution in [3.63, 3.8) is 0 Å². The van der Waals surface area contributed by atoms with Gasteiger partial charge in [0.1, 0.15) is 5.82 Å². The molecule has 0 radical (unpaired) electrons. The summed E-state index contributed by atoms with van der Waals surface area (Å²) in [5, 5.41) is 3.61. The minimum absolute atomic E-state index is 0.429. The molecule has 1 aromatic heterocycles. The molecule has 1 aromatic carbocycles. The first kappa shape index (κ1) is 20.5. The number of imidazole rings is 1. The topological polar surface area (TPSA) is 33.1 Å². The lowest BCUT2D eigenvalue weighted by Gasteiger charge is -2.46. The molecule has 3 aliphatic rings. The maximum atomic E-state index is 5.17. The molecule has 2 aromatic rings. The van der Waals surface area contributed by atoms with E-state index in [1.165, 1.54) is 101 Å². The van der Waals surface area contributed by atoms with Gasteiger partial charge in [-0.1, -0.05) is 44.2 Å². The largest absolute Gasteiger partial charge is 0.324 e. The van der Waals surface area contributed by atoms with E-state index in [0.29, 0.717) is 17.5 Å². The Morgan fingerprint density at radius 3 is 2.40 bits per heavy atom. The zero-order valence-corrected chi connectivity index (χ0v) is 18.9. The first-order valence-corrected chi connectivity index (χ1v) is 12.7. The van der Waals surface area contributed by atoms with E-state index in [9.17, 15) is 0 Å². The van der Waals surface area contributed by atoms with Crippen molar-refractivity contribution in [3.05, 3.63) is 30.1 Å². The second-order valence-corrected chi connectivity index (χ2v) is 10.4. The van der Waals surface area contributed by atoms with E-state index in [0.717, 1.165) is 13.1 Å². The SMILES string of the molecule is CC1(N2CCC(n3c([C@H]4CCCNC4)nc4ccccc43)CC2)CCCCCCC1. The number of para-hydroxylation sites is 2. The summed E-state index contributed by atoms with van der Waals surface area (Å²) in [6.45, 7) is 7.30. The van der Waals surface area contributed by atoms with Crippen LogP contribution in [-0.4, -0.2) is 46.2 Å². The summed E-state index contributed by atoms with van der Waals surface area (Å²) in [6, 6.07) is 9.43. The van der Waals surface area contributed by atoms with Gasteiger partial charge in [0.2, 0.25) is 0 Å². The van der Waals surface area contributed by atoms with Crippen LogP contribution in [0.3, 0.4) is 0 Å². The number of fused-ring (bicyclic) bond motifs is 1. The normalized spacial score (nSPS) is 27.0. The number of likely N-dealkylation sites (tertiary alicyclic amines) is 1. The van der Waals surface area contributed by atoms with Gasteiger partial charge in [-0.3, -0.25) is 4.90 Å². The van der Waals surface area contributed by atoms with Crippen LogP contribution in [0.5, 0.6) is 0 Å². The quantitative estimate of drug-likeness (QED) is 0.713. The van der Waals surface area contributed by atoms with Crippen LogP contribution in [0.25, 0.3) is 11.0 Å². The molecule has 1 saturated carbocycles. The van der Waals surface area contributed by atoms with Gasteiger partial charge in [-0.05, 0) is 64.1 Å². The van der Waals surface area contributed by atoms with Gasteiger partial charge in [-0.25, -0.2) is 4.98 Å². The van der Waals surface area contributed by atoms with Crippen molar-refractivity contribution >= 4 is 11.0 Å². The summed E-state index contributed by atoms with van der Waals surface area (Å²) in [5.74, 6) is 1.91. The highest BCUT2D eigenvalue weighted by atomic mass is 15.2. The van der Waals surface area contributed by atoms with E-state index in [1.807, 2.05) is 0 Å². The Morgan fingerprint density at radius 2 is 1.67 bits per heavy atom. The second kappa shape index (κ2) is 9.00. The highest BCUT2D eigenvalue weighted by molar-refractivity contribution is 5.76. The van der Waals surface area contributed by atoms with Crippen molar-refractivity contribution in [1.82, 2.24) is 19.8 Å². The van der Waals surface area contributed by atoms with Crippen LogP contribution in [-0.2, 0) is 0 Å². The lowest BCUT2D eigenvalue weighted by molar-refractivity contribution is 0.0435. The summed E-state index contributed by atoms with van der Waals surface area (Å²) in [6.07, 6.45) is 15.0. The van der Waals surface area contributed by atoms with E-state index in [4.69, 9.17) is 4.98 Å². The maximum absolute atomic E-state index is 5.17. The van der Waals surface area contributed by atoms with Gasteiger partial charge in [0, 0.05) is 37.1 Å². The zero-order valence-electron chi connectivity index (χ0n) is 18.9. The molecule has 0 amide bonds. The number of benzene rings is 1. The number of nitrogens with one attached hydrogen (secondary N) is 1. The molecule has 1 atom stereocenters. The third kappa shape index (κ3) is 4.05. The second-order valence-electron chi connectivity index (χ2n) is 10.4. The first-order valence-electron chi connectivity index (χ1n) is 12.7. The van der Waals surface area contributed by atoms with Crippen LogP contribution in [0, 0.1) is 0 Å². The molecule has 4 nitrogen and oxygen atoms in total. The minimum atomic E-state index is 0.429. The smallest absolute Gasteiger partial charge is 0.114 e. The van der Waals surface area contributed by atoms with E-state index in [-0.39, 0.29) is 0 Å². The number of rotatable bonds is 3. The molecule has 0 unspecified atom stereocenters. The van der Waals surface area contributed by atoms with Crippen molar-refractivity contribution in [2.75, 3.05) is 26.2 Å². The van der Waals surface area contributed by atoms with Gasteiger partial charge < -0.3 is 9.88 Å². The fraction of sp³-hybridized carbons (Fsp3) is 0.731. The van der Waals surface area contributed by atoms with Crippen LogP contribution in [0.2, 0.25) is 0 Å². The summed E-state index contributed by atoms with van der Waals surface area (Å²) >= 11 is 0. The molecule has 0 spiro atoms. The molecular weight excluding hydrogens is 368 g/mol. The van der Waals surface area contributed by atoms with Crippen LogP contribution in [0.1, 0.15) is 95.3 Å². The molecule has 30 heavy (non-hydrogen) atoms. The summed E-state index contributed by atoms with van der Waals surface area (Å²) < 4.78 is 2.66. The van der Waals surface area contributed by atoms with E-state index < -0.39 is 0 Å². The lowest BCUT2D eigenvalue weighted by atomic mass is 9.82. The third-order valence-corrected chi connectivity index (χ3v) is 8.31. The van der Waals surface area contributed by atoms with Gasteiger partial charge in [-0.2, -0.15) is 0 Å². The molecule has 2 saturated heterocycles. The third-order valence-electron chi connectivity index (χ3n) is 8.31. The van der Waals surface area contributed by atoms with Gasteiger partial charge in [0.25, 0.3) is 0 Å². The highest BCUT2D eigenvalue weighted by Gasteiger charge is 2.36. The minimum Gasteiger partial charge on any atom is -0.324 e. The van der Waals surface area contributed by atoms with Crippen LogP contribution >= 0.6 is 0 Å². The molecule has 5 rings (SSSR count). The van der Waals surface area contributed by atoms with Gasteiger partial charge in [0.15, 0.2) is 0 Å². The Bertz CT molecular complexity index is 819. The summed E-state index contributed by atoms with van der Waals surface area (Å²) in [4.78, 5) is 8.02. The van der Waals surface area contributed by atoms with E-state index in [1.54, 1.807) is 0 Å². The molecule has 0 bridgehead atoms. The Balaban J connectivity index is 1.36. The average molecular weight is 409 g/mol. The molecule has 164 valence electrons. The van der Waals surface area contributed by atoms with Crippen molar-refractivity contribution in [2.45, 2.75) is 95.1 Å². The van der Waals surface area contributed by atoms with E-state index in [2.05, 4.69) is 46.0 Å². The monoisotopic (exact) mass is 408 g/mol. The average Bonchev–Trinajstić information content (AvgIpc) is 3.17. The maximum Gasteiger partial charge on any atom is 0.114 e. The molecule has 3 heterocycles. The lowest BCUT2D eigenvalue weighted by Crippen LogP contribution is -2.50. The molecule has 3 fully saturated rings. The van der Waals surface area contributed by atoms with Crippen LogP contribution < -0.4 is 5.32 Å². The number of hydrogen-bond donors (Lipinski definition) is 1. The van der Waals surface area contributed by atoms with Gasteiger partial charge in [0.05, 0.1) is 11.0 Å². The molecule has 1 N–H and O–H groups in total. The van der Waals surface area contributed by atoms with Crippen molar-refractivity contribution in [1.29, 1.82) is 0 Å². The number of piperidine rings is 2. The molecule has 2 aliphatic heterocycles. The number of aromatic nitrogens is 2. The Labute approximate surface area is 182 Å². The van der Waals surface area contributed by atoms with Crippen LogP contribution in [0.4, 0.5) is 0 Å². The Hall–Kier alpha value is -1.39. The summed E-state index contributed by atoms with van der Waals surface area (Å²) in [5.41, 5.74) is 2.97. The predicted octanol–water partition coefficient (Wildman–Crippen LogP) is 5.64. The van der Waals surface area contributed by atoms with Crippen molar-refractivity contribution in [2.24, 2.45) is 0 Å². The van der Waals surface area contributed by atoms with Crippen molar-refractivity contribution in [3.8, 4) is 0 Å². The fourth-order valence-electron chi connectivity index (χ4n) is 6.45. The standard InChI is InChI=1S/C26H40N4/c1-26(15-7-3-2-4-8-16-26)29-18-13-22(14-19-29)30-24-12-6-5-11-23(24)28-25(30)21-10-9-17-27-20-21/h5-6,11-12,21-22,27H,2-4,7-10,13-20H2,1H3/t21-/m0/s1. The highest BCUT2D eigenvalue weighted by Crippen LogP contribution is 2.38.